The molecule has 1 saturated heterocycles. The van der Waals surface area contributed by atoms with Crippen LogP contribution in [0.15, 0.2) is 12.3 Å². The molecule has 1 heterocycles. The van der Waals surface area contributed by atoms with E-state index >= 15 is 0 Å². The van der Waals surface area contributed by atoms with Crippen LogP contribution in [0.4, 0.5) is 0 Å². The molecule has 9 heteroatoms. The Hall–Kier alpha value is 0.408. The van der Waals surface area contributed by atoms with Gasteiger partial charge in [0.05, 0.1) is 21.3 Å². The molecule has 0 aliphatic carbocycles. The molecule has 0 amide bonds. The van der Waals surface area contributed by atoms with Crippen molar-refractivity contribution in [1.82, 2.24) is 0 Å². The first-order chi connectivity index (χ1) is 11.8. The van der Waals surface area contributed by atoms with Crippen molar-refractivity contribution in [2.24, 2.45) is 0 Å². The van der Waals surface area contributed by atoms with Gasteiger partial charge < -0.3 is 22.1 Å². The van der Waals surface area contributed by atoms with Gasteiger partial charge >= 0.3 is 8.80 Å². The molecule has 0 N–H and O–H groups in total. The molecule has 1 fully saturated rings. The van der Waals surface area contributed by atoms with E-state index < -0.39 is 33.5 Å². The third-order valence-corrected chi connectivity index (χ3v) is 18.9. The average molecular weight is 437 g/mol. The third-order valence-electron chi connectivity index (χ3n) is 4.77. The van der Waals surface area contributed by atoms with Crippen molar-refractivity contribution in [2.75, 3.05) is 26.9 Å². The van der Waals surface area contributed by atoms with Gasteiger partial charge in [-0.2, -0.15) is 0 Å². The van der Waals surface area contributed by atoms with E-state index in [9.17, 15) is 0 Å². The highest BCUT2D eigenvalue weighted by Gasteiger charge is 2.45. The van der Waals surface area contributed by atoms with Gasteiger partial charge in [-0.1, -0.05) is 19.1 Å². The summed E-state index contributed by atoms with van der Waals surface area (Å²) in [5, 5.41) is 0. The average Bonchev–Trinajstić information content (AvgIpc) is 3.33. The molecule has 0 bridgehead atoms. The Morgan fingerprint density at radius 2 is 1.50 bits per heavy atom. The van der Waals surface area contributed by atoms with Crippen LogP contribution in [-0.2, 0) is 22.1 Å². The second-order valence-corrected chi connectivity index (χ2v) is 26.0. The van der Waals surface area contributed by atoms with Crippen molar-refractivity contribution in [3.05, 3.63) is 12.3 Å². The van der Waals surface area contributed by atoms with Gasteiger partial charge in [0, 0.05) is 20.3 Å². The summed E-state index contributed by atoms with van der Waals surface area (Å²) in [7, 11) is -6.00. The van der Waals surface area contributed by atoms with Crippen LogP contribution in [0, 0.1) is 0 Å². The summed E-state index contributed by atoms with van der Waals surface area (Å²) in [6.45, 7) is 22.0. The van der Waals surface area contributed by atoms with E-state index in [1.54, 1.807) is 7.11 Å². The molecule has 1 aliphatic rings. The second kappa shape index (κ2) is 9.75. The van der Waals surface area contributed by atoms with Crippen LogP contribution in [0.25, 0.3) is 0 Å². The van der Waals surface area contributed by atoms with Crippen molar-refractivity contribution >= 4 is 33.5 Å². The zero-order valence-corrected chi connectivity index (χ0v) is 22.1. The summed E-state index contributed by atoms with van der Waals surface area (Å²) in [5.41, 5.74) is 2.17. The van der Waals surface area contributed by atoms with E-state index in [4.69, 9.17) is 22.1 Å². The van der Waals surface area contributed by atoms with Gasteiger partial charge in [0.2, 0.25) is 0 Å². The Morgan fingerprint density at radius 3 is 1.96 bits per heavy atom. The first kappa shape index (κ1) is 24.4. The number of ether oxygens (including phenoxy) is 2. The smallest absolute Gasteiger partial charge is 0.416 e. The molecular formula is C17H40O5Si4. The number of hydrogen-bond acceptors (Lipinski definition) is 5. The molecule has 5 nitrogen and oxygen atoms in total. The molecule has 0 aromatic rings. The number of hydrogen-bond donors (Lipinski definition) is 0. The van der Waals surface area contributed by atoms with Gasteiger partial charge in [0.1, 0.15) is 6.10 Å². The Morgan fingerprint density at radius 1 is 0.962 bits per heavy atom. The van der Waals surface area contributed by atoms with E-state index in [0.29, 0.717) is 19.3 Å². The van der Waals surface area contributed by atoms with Gasteiger partial charge in [-0.05, 0) is 38.3 Å². The zero-order valence-electron chi connectivity index (χ0n) is 18.1. The Bertz CT molecular complexity index is 454. The fourth-order valence-corrected chi connectivity index (χ4v) is 18.5. The van der Waals surface area contributed by atoms with Gasteiger partial charge in [0.15, 0.2) is 16.6 Å². The van der Waals surface area contributed by atoms with Crippen molar-refractivity contribution in [3.8, 4) is 0 Å². The second-order valence-electron chi connectivity index (χ2n) is 9.26. The summed E-state index contributed by atoms with van der Waals surface area (Å²) in [5.74, 6) is 0. The molecular weight excluding hydrogens is 397 g/mol. The van der Waals surface area contributed by atoms with E-state index in [1.165, 1.54) is 6.04 Å². The predicted molar refractivity (Wildman–Crippen MR) is 118 cm³/mol. The molecule has 0 saturated carbocycles. The zero-order chi connectivity index (χ0) is 20.1. The van der Waals surface area contributed by atoms with E-state index in [0.717, 1.165) is 18.7 Å². The molecule has 154 valence electrons. The number of rotatable bonds is 14. The lowest BCUT2D eigenvalue weighted by molar-refractivity contribution is 0.124. The summed E-state index contributed by atoms with van der Waals surface area (Å²) in [6.07, 6.45) is 0.317. The maximum absolute atomic E-state index is 6.60. The molecule has 2 atom stereocenters. The number of epoxide rings is 1. The fraction of sp³-hybridized carbons (Fsp3) is 0.882. The lowest BCUT2D eigenvalue weighted by Gasteiger charge is -2.39. The van der Waals surface area contributed by atoms with Crippen LogP contribution < -0.4 is 0 Å². The summed E-state index contributed by atoms with van der Waals surface area (Å²) in [4.78, 5) is 0. The largest absolute Gasteiger partial charge is 0.476 e. The van der Waals surface area contributed by atoms with Gasteiger partial charge in [-0.25, -0.2) is 0 Å². The van der Waals surface area contributed by atoms with Crippen LogP contribution >= 0.6 is 0 Å². The SMILES string of the molecule is C=C[Si](C)(C)CC[Si](C)(C)O[Si](C)(OC)O[Si](C)(C)CCOCC1CO1. The predicted octanol–water partition coefficient (Wildman–Crippen LogP) is 4.49. The minimum Gasteiger partial charge on any atom is -0.416 e. The molecule has 0 radical (unpaired) electrons. The first-order valence-electron chi connectivity index (χ1n) is 9.60. The van der Waals surface area contributed by atoms with Crippen LogP contribution in [0.3, 0.4) is 0 Å². The van der Waals surface area contributed by atoms with Crippen molar-refractivity contribution in [1.29, 1.82) is 0 Å². The molecule has 0 aromatic heterocycles. The maximum Gasteiger partial charge on any atom is 0.476 e. The highest BCUT2D eigenvalue weighted by atomic mass is 28.5. The van der Waals surface area contributed by atoms with E-state index in [-0.39, 0.29) is 0 Å². The molecule has 26 heavy (non-hydrogen) atoms. The highest BCUT2D eigenvalue weighted by molar-refractivity contribution is 6.88. The minimum atomic E-state index is -2.64. The minimum absolute atomic E-state index is 0.317. The lowest BCUT2D eigenvalue weighted by atomic mass is 10.5. The molecule has 1 rings (SSSR count). The van der Waals surface area contributed by atoms with Gasteiger partial charge in [0.25, 0.3) is 0 Å². The third kappa shape index (κ3) is 10.1. The summed E-state index contributed by atoms with van der Waals surface area (Å²) >= 11 is 0. The molecule has 0 aromatic carbocycles. The maximum atomic E-state index is 6.60. The summed E-state index contributed by atoms with van der Waals surface area (Å²) < 4.78 is 29.8. The topological polar surface area (TPSA) is 49.5 Å². The highest BCUT2D eigenvalue weighted by Crippen LogP contribution is 2.28. The Balaban J connectivity index is 2.53. The molecule has 0 spiro atoms. The van der Waals surface area contributed by atoms with Crippen LogP contribution in [0.5, 0.6) is 0 Å². The van der Waals surface area contributed by atoms with E-state index in [1.807, 2.05) is 6.55 Å². The first-order valence-corrected chi connectivity index (χ1v) is 21.3. The Labute approximate surface area is 165 Å². The monoisotopic (exact) mass is 436 g/mol. The fourth-order valence-electron chi connectivity index (χ4n) is 2.63. The Kier molecular flexibility index (Phi) is 9.16. The van der Waals surface area contributed by atoms with Gasteiger partial charge in [-0.3, -0.25) is 0 Å². The van der Waals surface area contributed by atoms with Crippen LogP contribution in [-0.4, -0.2) is 66.5 Å². The van der Waals surface area contributed by atoms with E-state index in [2.05, 4.69) is 51.6 Å². The molecule has 2 unspecified atom stereocenters. The van der Waals surface area contributed by atoms with Crippen molar-refractivity contribution < 1.29 is 22.1 Å². The van der Waals surface area contributed by atoms with Crippen LogP contribution in [0.2, 0.25) is 64.0 Å². The lowest BCUT2D eigenvalue weighted by Crippen LogP contribution is -2.56. The normalized spacial score (nSPS) is 20.7. The van der Waals surface area contributed by atoms with Crippen LogP contribution in [0.1, 0.15) is 0 Å². The molecule has 1 aliphatic heterocycles. The van der Waals surface area contributed by atoms with Crippen molar-refractivity contribution in [2.45, 2.75) is 70.1 Å². The van der Waals surface area contributed by atoms with Crippen molar-refractivity contribution in [3.63, 3.8) is 0 Å². The quantitative estimate of drug-likeness (QED) is 0.228. The summed E-state index contributed by atoms with van der Waals surface area (Å²) in [6, 6.07) is 3.27. The van der Waals surface area contributed by atoms with Gasteiger partial charge in [-0.15, -0.1) is 12.3 Å². The standard InChI is InChI=1S/C17H40O5Si4/c1-10-23(3,4)13-14-25(7,8)22-26(9,18-2)21-24(5,6)12-11-19-15-17-16-20-17/h10,17H,1,11-16H2,2-9H3.